The number of rotatable bonds is 5. The molecule has 2 nitrogen and oxygen atoms in total. The second-order valence-electron chi connectivity index (χ2n) is 4.41. The summed E-state index contributed by atoms with van der Waals surface area (Å²) < 4.78 is 26.6. The summed E-state index contributed by atoms with van der Waals surface area (Å²) in [5, 5.41) is 0. The normalized spacial score (nSPS) is 12.4. The highest BCUT2D eigenvalue weighted by atomic mass is 19.1. The molecule has 0 saturated carbocycles. The molecular formula is C15H16F2N2. The largest absolute Gasteiger partial charge is 0.271 e. The molecule has 2 aromatic carbocycles. The van der Waals surface area contributed by atoms with Gasteiger partial charge in [-0.3, -0.25) is 11.3 Å². The first-order valence-corrected chi connectivity index (χ1v) is 6.15. The number of benzene rings is 2. The van der Waals surface area contributed by atoms with Crippen LogP contribution in [0.25, 0.3) is 0 Å². The summed E-state index contributed by atoms with van der Waals surface area (Å²) >= 11 is 0. The first kappa shape index (κ1) is 13.6. The lowest BCUT2D eigenvalue weighted by Crippen LogP contribution is -2.29. The summed E-state index contributed by atoms with van der Waals surface area (Å²) in [7, 11) is 0. The van der Waals surface area contributed by atoms with Crippen molar-refractivity contribution in [3.05, 3.63) is 71.3 Å². The first-order valence-electron chi connectivity index (χ1n) is 6.15. The molecule has 0 spiro atoms. The average Bonchev–Trinajstić information content (AvgIpc) is 2.42. The Kier molecular flexibility index (Phi) is 4.60. The van der Waals surface area contributed by atoms with Crippen LogP contribution in [0.15, 0.2) is 48.5 Å². The highest BCUT2D eigenvalue weighted by Crippen LogP contribution is 2.22. The van der Waals surface area contributed by atoms with Gasteiger partial charge in [-0.25, -0.2) is 8.78 Å². The topological polar surface area (TPSA) is 38.0 Å². The molecule has 0 aromatic heterocycles. The van der Waals surface area contributed by atoms with E-state index < -0.39 is 11.6 Å². The first-order chi connectivity index (χ1) is 9.20. The van der Waals surface area contributed by atoms with Gasteiger partial charge in [0.05, 0.1) is 0 Å². The Morgan fingerprint density at radius 2 is 1.79 bits per heavy atom. The maximum Gasteiger partial charge on any atom is 0.130 e. The molecule has 4 heteroatoms. The summed E-state index contributed by atoms with van der Waals surface area (Å²) in [6, 6.07) is 13.1. The van der Waals surface area contributed by atoms with Crippen molar-refractivity contribution in [3.8, 4) is 0 Å². The quantitative estimate of drug-likeness (QED) is 0.642. The molecule has 1 unspecified atom stereocenters. The number of hydrogen-bond donors (Lipinski definition) is 2. The molecule has 2 rings (SSSR count). The van der Waals surface area contributed by atoms with Crippen LogP contribution in [0.2, 0.25) is 0 Å². The lowest BCUT2D eigenvalue weighted by Gasteiger charge is -2.17. The van der Waals surface area contributed by atoms with Crippen LogP contribution in [-0.2, 0) is 6.42 Å². The van der Waals surface area contributed by atoms with E-state index in [2.05, 4.69) is 5.43 Å². The molecule has 0 saturated heterocycles. The molecule has 1 atom stereocenters. The number of hydrogen-bond acceptors (Lipinski definition) is 2. The molecule has 0 aliphatic heterocycles. The highest BCUT2D eigenvalue weighted by Gasteiger charge is 2.14. The lowest BCUT2D eigenvalue weighted by atomic mass is 9.99. The van der Waals surface area contributed by atoms with Gasteiger partial charge in [0.2, 0.25) is 0 Å². The minimum absolute atomic E-state index is 0.333. The van der Waals surface area contributed by atoms with E-state index in [0.29, 0.717) is 12.0 Å². The molecule has 0 heterocycles. The van der Waals surface area contributed by atoms with Gasteiger partial charge < -0.3 is 0 Å². The van der Waals surface area contributed by atoms with Crippen LogP contribution in [0.5, 0.6) is 0 Å². The van der Waals surface area contributed by atoms with Gasteiger partial charge in [0, 0.05) is 17.7 Å². The summed E-state index contributed by atoms with van der Waals surface area (Å²) in [5.41, 5.74) is 4.13. The molecule has 0 aliphatic rings. The molecule has 3 N–H and O–H groups in total. The van der Waals surface area contributed by atoms with E-state index in [1.807, 2.05) is 30.3 Å². The van der Waals surface area contributed by atoms with E-state index in [4.69, 9.17) is 5.84 Å². The summed E-state index contributed by atoms with van der Waals surface area (Å²) in [4.78, 5) is 0. The van der Waals surface area contributed by atoms with Gasteiger partial charge in [0.1, 0.15) is 11.6 Å². The third-order valence-corrected chi connectivity index (χ3v) is 3.10. The van der Waals surface area contributed by atoms with Crippen LogP contribution in [0, 0.1) is 11.6 Å². The zero-order chi connectivity index (χ0) is 13.7. The summed E-state index contributed by atoms with van der Waals surface area (Å²) in [6.45, 7) is 0. The van der Waals surface area contributed by atoms with E-state index in [1.165, 1.54) is 12.1 Å². The third kappa shape index (κ3) is 3.59. The van der Waals surface area contributed by atoms with Crippen molar-refractivity contribution in [1.29, 1.82) is 0 Å². The molecule has 0 aliphatic carbocycles. The zero-order valence-corrected chi connectivity index (χ0v) is 10.4. The van der Waals surface area contributed by atoms with Gasteiger partial charge in [-0.2, -0.15) is 0 Å². The fourth-order valence-corrected chi connectivity index (χ4v) is 2.07. The molecular weight excluding hydrogens is 246 g/mol. The Balaban J connectivity index is 2.08. The van der Waals surface area contributed by atoms with Crippen LogP contribution in [0.3, 0.4) is 0 Å². The van der Waals surface area contributed by atoms with Gasteiger partial charge in [0.15, 0.2) is 0 Å². The number of nitrogens with two attached hydrogens (primary N) is 1. The van der Waals surface area contributed by atoms with Crippen molar-refractivity contribution in [1.82, 2.24) is 5.43 Å². The average molecular weight is 262 g/mol. The van der Waals surface area contributed by atoms with E-state index in [9.17, 15) is 8.78 Å². The van der Waals surface area contributed by atoms with Gasteiger partial charge in [-0.15, -0.1) is 0 Å². The Morgan fingerprint density at radius 1 is 1.05 bits per heavy atom. The number of halogens is 2. The molecule has 0 amide bonds. The molecule has 0 bridgehead atoms. The molecule has 0 radical (unpaired) electrons. The monoisotopic (exact) mass is 262 g/mol. The minimum atomic E-state index is -0.583. The van der Waals surface area contributed by atoms with E-state index in [-0.39, 0.29) is 6.04 Å². The van der Waals surface area contributed by atoms with Crippen molar-refractivity contribution in [3.63, 3.8) is 0 Å². The third-order valence-electron chi connectivity index (χ3n) is 3.10. The molecule has 19 heavy (non-hydrogen) atoms. The van der Waals surface area contributed by atoms with Crippen molar-refractivity contribution < 1.29 is 8.78 Å². The fourth-order valence-electron chi connectivity index (χ4n) is 2.07. The summed E-state index contributed by atoms with van der Waals surface area (Å²) in [6.07, 6.45) is 1.41. The van der Waals surface area contributed by atoms with Crippen LogP contribution in [-0.4, -0.2) is 0 Å². The standard InChI is InChI=1S/C15H16F2N2/c16-12-7-8-13(14(17)10-12)15(19-18)9-6-11-4-2-1-3-5-11/h1-5,7-8,10,15,19H,6,9,18H2. The van der Waals surface area contributed by atoms with Gasteiger partial charge in [-0.1, -0.05) is 36.4 Å². The van der Waals surface area contributed by atoms with E-state index in [0.717, 1.165) is 18.1 Å². The van der Waals surface area contributed by atoms with Crippen LogP contribution < -0.4 is 11.3 Å². The Bertz CT molecular complexity index is 529. The predicted molar refractivity (Wildman–Crippen MR) is 71.2 cm³/mol. The Hall–Kier alpha value is -1.78. The maximum atomic E-state index is 13.7. The zero-order valence-electron chi connectivity index (χ0n) is 10.4. The highest BCUT2D eigenvalue weighted by molar-refractivity contribution is 5.23. The second-order valence-corrected chi connectivity index (χ2v) is 4.41. The van der Waals surface area contributed by atoms with Crippen molar-refractivity contribution in [2.45, 2.75) is 18.9 Å². The molecule has 100 valence electrons. The van der Waals surface area contributed by atoms with Crippen LogP contribution >= 0.6 is 0 Å². The van der Waals surface area contributed by atoms with Gasteiger partial charge in [-0.05, 0) is 24.5 Å². The molecule has 2 aromatic rings. The van der Waals surface area contributed by atoms with Gasteiger partial charge in [0.25, 0.3) is 0 Å². The molecule has 0 fully saturated rings. The van der Waals surface area contributed by atoms with Gasteiger partial charge >= 0.3 is 0 Å². The van der Waals surface area contributed by atoms with E-state index in [1.54, 1.807) is 0 Å². The van der Waals surface area contributed by atoms with E-state index >= 15 is 0 Å². The fraction of sp³-hybridized carbons (Fsp3) is 0.200. The Morgan fingerprint density at radius 3 is 2.42 bits per heavy atom. The van der Waals surface area contributed by atoms with Crippen LogP contribution in [0.1, 0.15) is 23.6 Å². The smallest absolute Gasteiger partial charge is 0.130 e. The summed E-state index contributed by atoms with van der Waals surface area (Å²) in [5.74, 6) is 4.31. The van der Waals surface area contributed by atoms with Crippen LogP contribution in [0.4, 0.5) is 8.78 Å². The predicted octanol–water partition coefficient (Wildman–Crippen LogP) is 3.10. The van der Waals surface area contributed by atoms with Crippen molar-refractivity contribution in [2.24, 2.45) is 5.84 Å². The minimum Gasteiger partial charge on any atom is -0.271 e. The second kappa shape index (κ2) is 6.41. The SMILES string of the molecule is NNC(CCc1ccccc1)c1ccc(F)cc1F. The number of aryl methyl sites for hydroxylation is 1. The number of nitrogens with one attached hydrogen (secondary N) is 1. The maximum absolute atomic E-state index is 13.7. The Labute approximate surface area is 111 Å². The van der Waals surface area contributed by atoms with Crippen molar-refractivity contribution in [2.75, 3.05) is 0 Å². The lowest BCUT2D eigenvalue weighted by molar-refractivity contribution is 0.480. The van der Waals surface area contributed by atoms with Crippen molar-refractivity contribution >= 4 is 0 Å². The number of hydrazine groups is 1.